The third-order valence-electron chi connectivity index (χ3n) is 5.10. The SMILES string of the molecule is c1ccc(Nc2ncnc3cc(-c4cc(CN5CCCCC5)co4)sc23)cc1. The van der Waals surface area contributed by atoms with Gasteiger partial charge in [0.25, 0.3) is 0 Å². The lowest BCUT2D eigenvalue weighted by Gasteiger charge is -2.25. The zero-order valence-corrected chi connectivity index (χ0v) is 16.4. The fourth-order valence-corrected chi connectivity index (χ4v) is 4.70. The number of nitrogens with one attached hydrogen (secondary N) is 1. The molecule has 1 saturated heterocycles. The second-order valence-electron chi connectivity index (χ2n) is 7.19. The number of hydrogen-bond donors (Lipinski definition) is 1. The predicted molar refractivity (Wildman–Crippen MR) is 114 cm³/mol. The standard InChI is InChI=1S/C22H22N4OS/c1-3-7-17(8-4-1)25-22-21-18(23-15-24-22)12-20(28-21)19-11-16(14-27-19)13-26-9-5-2-6-10-26/h1,3-4,7-8,11-12,14-15H,2,5-6,9-10,13H2,(H,23,24,25). The van der Waals surface area contributed by atoms with Crippen LogP contribution in [0.2, 0.25) is 0 Å². The maximum absolute atomic E-state index is 5.90. The Morgan fingerprint density at radius 1 is 1.04 bits per heavy atom. The zero-order chi connectivity index (χ0) is 18.8. The highest BCUT2D eigenvalue weighted by Gasteiger charge is 2.15. The number of thiophene rings is 1. The number of para-hydroxylation sites is 1. The molecule has 0 unspecified atom stereocenters. The van der Waals surface area contributed by atoms with Gasteiger partial charge in [0.2, 0.25) is 0 Å². The molecule has 0 saturated carbocycles. The molecule has 0 amide bonds. The van der Waals surface area contributed by atoms with E-state index in [1.54, 1.807) is 17.7 Å². The van der Waals surface area contributed by atoms with Crippen LogP contribution >= 0.6 is 11.3 Å². The van der Waals surface area contributed by atoms with Gasteiger partial charge < -0.3 is 9.73 Å². The van der Waals surface area contributed by atoms with Crippen molar-refractivity contribution in [2.45, 2.75) is 25.8 Å². The smallest absolute Gasteiger partial charge is 0.151 e. The fraction of sp³-hybridized carbons (Fsp3) is 0.273. The molecule has 0 aliphatic carbocycles. The summed E-state index contributed by atoms with van der Waals surface area (Å²) in [5.41, 5.74) is 3.18. The van der Waals surface area contributed by atoms with Crippen molar-refractivity contribution in [2.24, 2.45) is 0 Å². The Morgan fingerprint density at radius 3 is 2.75 bits per heavy atom. The third-order valence-corrected chi connectivity index (χ3v) is 6.24. The Kier molecular flexibility index (Phi) is 4.81. The van der Waals surface area contributed by atoms with Gasteiger partial charge in [0.15, 0.2) is 5.82 Å². The van der Waals surface area contributed by atoms with Crippen molar-refractivity contribution in [3.8, 4) is 10.6 Å². The van der Waals surface area contributed by atoms with Crippen molar-refractivity contribution in [3.05, 3.63) is 60.6 Å². The molecule has 5 rings (SSSR count). The number of rotatable bonds is 5. The van der Waals surface area contributed by atoms with Gasteiger partial charge in [-0.25, -0.2) is 9.97 Å². The summed E-state index contributed by atoms with van der Waals surface area (Å²) >= 11 is 1.66. The number of hydrogen-bond acceptors (Lipinski definition) is 6. The number of piperidine rings is 1. The second-order valence-corrected chi connectivity index (χ2v) is 8.25. The van der Waals surface area contributed by atoms with Gasteiger partial charge >= 0.3 is 0 Å². The topological polar surface area (TPSA) is 54.2 Å². The number of nitrogens with zero attached hydrogens (tertiary/aromatic N) is 3. The van der Waals surface area contributed by atoms with Crippen molar-refractivity contribution in [3.63, 3.8) is 0 Å². The summed E-state index contributed by atoms with van der Waals surface area (Å²) in [5.74, 6) is 1.73. The molecule has 0 radical (unpaired) electrons. The molecule has 6 heteroatoms. The van der Waals surface area contributed by atoms with E-state index >= 15 is 0 Å². The van der Waals surface area contributed by atoms with Crippen LogP contribution in [-0.2, 0) is 6.54 Å². The molecule has 3 aromatic heterocycles. The maximum Gasteiger partial charge on any atom is 0.151 e. The lowest BCUT2D eigenvalue weighted by molar-refractivity contribution is 0.220. The first-order valence-electron chi connectivity index (χ1n) is 9.72. The number of anilines is 2. The Bertz CT molecular complexity index is 1070. The summed E-state index contributed by atoms with van der Waals surface area (Å²) in [6.45, 7) is 3.34. The minimum absolute atomic E-state index is 0.826. The lowest BCUT2D eigenvalue weighted by Crippen LogP contribution is -2.28. The average Bonchev–Trinajstić information content (AvgIpc) is 3.37. The summed E-state index contributed by atoms with van der Waals surface area (Å²) in [7, 11) is 0. The van der Waals surface area contributed by atoms with E-state index in [2.05, 4.69) is 32.3 Å². The summed E-state index contributed by atoms with van der Waals surface area (Å²) < 4.78 is 6.93. The fourth-order valence-electron chi connectivity index (χ4n) is 3.69. The molecule has 1 fully saturated rings. The molecule has 4 aromatic rings. The van der Waals surface area contributed by atoms with Gasteiger partial charge in [-0.3, -0.25) is 4.90 Å². The minimum atomic E-state index is 0.826. The van der Waals surface area contributed by atoms with Gasteiger partial charge in [0.1, 0.15) is 12.1 Å². The number of benzene rings is 1. The molecule has 1 aliphatic rings. The highest BCUT2D eigenvalue weighted by Crippen LogP contribution is 2.37. The zero-order valence-electron chi connectivity index (χ0n) is 15.6. The summed E-state index contributed by atoms with van der Waals surface area (Å²) in [5, 5.41) is 3.39. The van der Waals surface area contributed by atoms with E-state index in [0.29, 0.717) is 0 Å². The predicted octanol–water partition coefficient (Wildman–Crippen LogP) is 5.68. The highest BCUT2D eigenvalue weighted by atomic mass is 32.1. The molecule has 0 spiro atoms. The van der Waals surface area contributed by atoms with Crippen LogP contribution in [0.15, 0.2) is 59.5 Å². The summed E-state index contributed by atoms with van der Waals surface area (Å²) in [6, 6.07) is 14.3. The van der Waals surface area contributed by atoms with Crippen molar-refractivity contribution in [2.75, 3.05) is 18.4 Å². The molecule has 4 heterocycles. The van der Waals surface area contributed by atoms with Crippen LogP contribution in [-0.4, -0.2) is 28.0 Å². The van der Waals surface area contributed by atoms with E-state index < -0.39 is 0 Å². The van der Waals surface area contributed by atoms with Crippen molar-refractivity contribution in [1.29, 1.82) is 0 Å². The quantitative estimate of drug-likeness (QED) is 0.475. The molecular weight excluding hydrogens is 368 g/mol. The molecule has 0 atom stereocenters. The van der Waals surface area contributed by atoms with E-state index in [4.69, 9.17) is 4.42 Å². The summed E-state index contributed by atoms with van der Waals surface area (Å²) in [4.78, 5) is 12.5. The van der Waals surface area contributed by atoms with E-state index in [1.807, 2.05) is 36.6 Å². The average molecular weight is 391 g/mol. The van der Waals surface area contributed by atoms with Crippen LogP contribution < -0.4 is 5.32 Å². The van der Waals surface area contributed by atoms with Gasteiger partial charge in [0.05, 0.1) is 21.4 Å². The van der Waals surface area contributed by atoms with Crippen molar-refractivity contribution >= 4 is 33.1 Å². The van der Waals surface area contributed by atoms with Gasteiger partial charge in [-0.05, 0) is 50.2 Å². The van der Waals surface area contributed by atoms with Crippen LogP contribution in [0.1, 0.15) is 24.8 Å². The largest absolute Gasteiger partial charge is 0.463 e. The van der Waals surface area contributed by atoms with Crippen LogP contribution in [0.25, 0.3) is 20.9 Å². The first kappa shape index (κ1) is 17.4. The monoisotopic (exact) mass is 390 g/mol. The van der Waals surface area contributed by atoms with Crippen molar-refractivity contribution < 1.29 is 4.42 Å². The van der Waals surface area contributed by atoms with Gasteiger partial charge in [-0.1, -0.05) is 24.6 Å². The van der Waals surface area contributed by atoms with E-state index in [-0.39, 0.29) is 0 Å². The molecule has 1 N–H and O–H groups in total. The highest BCUT2D eigenvalue weighted by molar-refractivity contribution is 7.22. The van der Waals surface area contributed by atoms with Gasteiger partial charge in [0, 0.05) is 17.8 Å². The van der Waals surface area contributed by atoms with Crippen LogP contribution in [0.4, 0.5) is 11.5 Å². The van der Waals surface area contributed by atoms with Crippen molar-refractivity contribution in [1.82, 2.24) is 14.9 Å². The second kappa shape index (κ2) is 7.73. The maximum atomic E-state index is 5.90. The molecule has 0 bridgehead atoms. The summed E-state index contributed by atoms with van der Waals surface area (Å²) in [6.07, 6.45) is 7.46. The first-order chi connectivity index (χ1) is 13.8. The third kappa shape index (κ3) is 3.66. The molecular formula is C22H22N4OS. The molecule has 1 aromatic carbocycles. The Labute approximate surface area is 168 Å². The van der Waals surface area contributed by atoms with Crippen LogP contribution in [0.3, 0.4) is 0 Å². The molecule has 5 nitrogen and oxygen atoms in total. The van der Waals surface area contributed by atoms with Crippen LogP contribution in [0.5, 0.6) is 0 Å². The van der Waals surface area contributed by atoms with Gasteiger partial charge in [-0.2, -0.15) is 0 Å². The molecule has 1 aliphatic heterocycles. The Morgan fingerprint density at radius 2 is 1.89 bits per heavy atom. The van der Waals surface area contributed by atoms with Gasteiger partial charge in [-0.15, -0.1) is 11.3 Å². The Hall–Kier alpha value is -2.70. The molecule has 142 valence electrons. The number of fused-ring (bicyclic) bond motifs is 1. The number of aromatic nitrogens is 2. The lowest BCUT2D eigenvalue weighted by atomic mass is 10.1. The number of likely N-dealkylation sites (tertiary alicyclic amines) is 1. The minimum Gasteiger partial charge on any atom is -0.463 e. The normalized spacial score (nSPS) is 15.1. The van der Waals surface area contributed by atoms with E-state index in [1.165, 1.54) is 37.9 Å². The number of furan rings is 1. The Balaban J connectivity index is 1.40. The van der Waals surface area contributed by atoms with E-state index in [0.717, 1.165) is 38.9 Å². The molecule has 28 heavy (non-hydrogen) atoms. The van der Waals surface area contributed by atoms with E-state index in [9.17, 15) is 0 Å². The first-order valence-corrected chi connectivity index (χ1v) is 10.5. The van der Waals surface area contributed by atoms with Crippen LogP contribution in [0, 0.1) is 0 Å².